The quantitative estimate of drug-likeness (QED) is 0.403. The third-order valence-corrected chi connectivity index (χ3v) is 3.72. The van der Waals surface area contributed by atoms with E-state index in [4.69, 9.17) is 17.0 Å². The topological polar surface area (TPSA) is 91.2 Å². The van der Waals surface area contributed by atoms with Gasteiger partial charge in [0.05, 0.1) is 12.6 Å². The van der Waals surface area contributed by atoms with Crippen molar-refractivity contribution in [3.05, 3.63) is 42.5 Å². The van der Waals surface area contributed by atoms with Crippen LogP contribution in [0.3, 0.4) is 0 Å². The molecule has 0 aliphatic carbocycles. The SMILES string of the molecule is COc1ccc(NC(=S)N=Nc2[nH]c3ccc(OC(F)(F)F)cc3c2O)cc1. The summed E-state index contributed by atoms with van der Waals surface area (Å²) in [5.74, 6) is -0.221. The predicted octanol–water partition coefficient (Wildman–Crippen LogP) is 5.26. The third kappa shape index (κ3) is 4.68. The molecule has 2 aromatic carbocycles. The van der Waals surface area contributed by atoms with Gasteiger partial charge in [-0.1, -0.05) is 0 Å². The number of aromatic hydroxyl groups is 1. The van der Waals surface area contributed by atoms with Gasteiger partial charge < -0.3 is 24.9 Å². The van der Waals surface area contributed by atoms with Gasteiger partial charge in [0, 0.05) is 11.1 Å². The molecule has 7 nitrogen and oxygen atoms in total. The van der Waals surface area contributed by atoms with Gasteiger partial charge in [0.2, 0.25) is 5.11 Å². The number of thiocarbonyl (C=S) groups is 1. The first-order valence-electron chi connectivity index (χ1n) is 7.72. The first-order chi connectivity index (χ1) is 13.2. The van der Waals surface area contributed by atoms with E-state index in [0.29, 0.717) is 17.0 Å². The predicted molar refractivity (Wildman–Crippen MR) is 100 cm³/mol. The van der Waals surface area contributed by atoms with Crippen molar-refractivity contribution in [1.29, 1.82) is 0 Å². The number of nitrogens with zero attached hydrogens (tertiary/aromatic N) is 2. The van der Waals surface area contributed by atoms with Gasteiger partial charge in [-0.15, -0.1) is 23.4 Å². The number of ether oxygens (including phenoxy) is 2. The molecule has 0 amide bonds. The van der Waals surface area contributed by atoms with Crippen LogP contribution in [0, 0.1) is 0 Å². The normalized spacial score (nSPS) is 11.7. The Morgan fingerprint density at radius 3 is 2.46 bits per heavy atom. The number of aromatic nitrogens is 1. The summed E-state index contributed by atoms with van der Waals surface area (Å²) in [6, 6.07) is 10.4. The summed E-state index contributed by atoms with van der Waals surface area (Å²) >= 11 is 5.06. The minimum Gasteiger partial charge on any atom is -0.504 e. The van der Waals surface area contributed by atoms with Crippen LogP contribution in [0.4, 0.5) is 24.7 Å². The highest BCUT2D eigenvalue weighted by atomic mass is 32.1. The van der Waals surface area contributed by atoms with E-state index in [9.17, 15) is 18.3 Å². The molecular weight excluding hydrogens is 397 g/mol. The monoisotopic (exact) mass is 410 g/mol. The number of fused-ring (bicyclic) bond motifs is 1. The van der Waals surface area contributed by atoms with Crippen molar-refractivity contribution in [3.63, 3.8) is 0 Å². The molecule has 0 saturated heterocycles. The van der Waals surface area contributed by atoms with Gasteiger partial charge in [-0.2, -0.15) is 0 Å². The van der Waals surface area contributed by atoms with Crippen LogP contribution in [0.2, 0.25) is 0 Å². The number of benzene rings is 2. The first kappa shape index (κ1) is 19.4. The molecule has 11 heteroatoms. The fourth-order valence-electron chi connectivity index (χ4n) is 2.33. The third-order valence-electron chi connectivity index (χ3n) is 3.54. The number of halogens is 3. The number of nitrogens with one attached hydrogen (secondary N) is 2. The van der Waals surface area contributed by atoms with Gasteiger partial charge in [0.1, 0.15) is 11.5 Å². The van der Waals surface area contributed by atoms with E-state index < -0.39 is 12.1 Å². The van der Waals surface area contributed by atoms with E-state index in [-0.39, 0.29) is 22.1 Å². The molecule has 146 valence electrons. The Labute approximate surface area is 161 Å². The highest BCUT2D eigenvalue weighted by molar-refractivity contribution is 7.80. The first-order valence-corrected chi connectivity index (χ1v) is 8.13. The lowest BCUT2D eigenvalue weighted by molar-refractivity contribution is -0.274. The molecule has 3 aromatic rings. The van der Waals surface area contributed by atoms with E-state index in [0.717, 1.165) is 12.1 Å². The van der Waals surface area contributed by atoms with E-state index in [1.165, 1.54) is 6.07 Å². The van der Waals surface area contributed by atoms with Gasteiger partial charge in [-0.25, -0.2) is 0 Å². The van der Waals surface area contributed by atoms with Gasteiger partial charge in [0.15, 0.2) is 11.6 Å². The van der Waals surface area contributed by atoms with Crippen LogP contribution in [-0.4, -0.2) is 28.7 Å². The molecule has 0 bridgehead atoms. The Hall–Kier alpha value is -3.34. The van der Waals surface area contributed by atoms with Crippen molar-refractivity contribution in [1.82, 2.24) is 4.98 Å². The molecule has 0 fully saturated rings. The maximum atomic E-state index is 12.3. The molecule has 0 unspecified atom stereocenters. The number of hydrogen-bond donors (Lipinski definition) is 3. The molecule has 28 heavy (non-hydrogen) atoms. The molecule has 0 spiro atoms. The molecule has 3 N–H and O–H groups in total. The van der Waals surface area contributed by atoms with Crippen LogP contribution >= 0.6 is 12.2 Å². The maximum Gasteiger partial charge on any atom is 0.573 e. The zero-order chi connectivity index (χ0) is 20.3. The van der Waals surface area contributed by atoms with Crippen LogP contribution < -0.4 is 14.8 Å². The Kier molecular flexibility index (Phi) is 5.36. The Morgan fingerprint density at radius 1 is 1.14 bits per heavy atom. The lowest BCUT2D eigenvalue weighted by atomic mass is 10.2. The van der Waals surface area contributed by atoms with Gasteiger partial charge >= 0.3 is 6.36 Å². The van der Waals surface area contributed by atoms with Crippen molar-refractivity contribution in [2.24, 2.45) is 10.2 Å². The van der Waals surface area contributed by atoms with Gasteiger partial charge in [-0.3, -0.25) is 0 Å². The summed E-state index contributed by atoms with van der Waals surface area (Å²) in [6.07, 6.45) is -4.83. The number of azo groups is 1. The Morgan fingerprint density at radius 2 is 1.82 bits per heavy atom. The number of alkyl halides is 3. The second-order valence-electron chi connectivity index (χ2n) is 5.44. The van der Waals surface area contributed by atoms with Crippen LogP contribution in [0.1, 0.15) is 0 Å². The molecular formula is C17H13F3N4O3S. The second kappa shape index (κ2) is 7.72. The lowest BCUT2D eigenvalue weighted by Gasteiger charge is -2.08. The smallest absolute Gasteiger partial charge is 0.504 e. The number of methoxy groups -OCH3 is 1. The summed E-state index contributed by atoms with van der Waals surface area (Å²) in [5, 5.41) is 20.7. The summed E-state index contributed by atoms with van der Waals surface area (Å²) in [5.41, 5.74) is 1.01. The summed E-state index contributed by atoms with van der Waals surface area (Å²) in [4.78, 5) is 2.74. The zero-order valence-electron chi connectivity index (χ0n) is 14.2. The fraction of sp³-hybridized carbons (Fsp3) is 0.118. The van der Waals surface area contributed by atoms with E-state index >= 15 is 0 Å². The van der Waals surface area contributed by atoms with E-state index in [2.05, 4.69) is 25.3 Å². The molecule has 0 aliphatic heterocycles. The van der Waals surface area contributed by atoms with Crippen molar-refractivity contribution in [2.45, 2.75) is 6.36 Å². The second-order valence-corrected chi connectivity index (χ2v) is 5.82. The number of aromatic amines is 1. The minimum absolute atomic E-state index is 0.0179. The van der Waals surface area contributed by atoms with E-state index in [1.807, 2.05) is 0 Å². The maximum absolute atomic E-state index is 12.3. The van der Waals surface area contributed by atoms with Crippen LogP contribution in [0.25, 0.3) is 10.9 Å². The molecule has 0 atom stereocenters. The van der Waals surface area contributed by atoms with Crippen molar-refractivity contribution in [2.75, 3.05) is 12.4 Å². The largest absolute Gasteiger partial charge is 0.573 e. The summed E-state index contributed by atoms with van der Waals surface area (Å²) in [7, 11) is 1.55. The standard InChI is InChI=1S/C17H13F3N4O3S/c1-26-10-4-2-9(3-5-10)21-16(28)24-23-15-14(25)12-8-11(27-17(18,19)20)6-7-13(12)22-15/h2-8,22,25H,1H3,(H,21,28). The molecule has 1 heterocycles. The average molecular weight is 410 g/mol. The zero-order valence-corrected chi connectivity index (χ0v) is 15.1. The summed E-state index contributed by atoms with van der Waals surface area (Å²) < 4.78 is 45.9. The van der Waals surface area contributed by atoms with Gasteiger partial charge in [-0.05, 0) is 54.7 Å². The number of anilines is 1. The molecule has 0 radical (unpaired) electrons. The van der Waals surface area contributed by atoms with Crippen molar-refractivity contribution >= 4 is 39.7 Å². The van der Waals surface area contributed by atoms with Crippen molar-refractivity contribution in [3.8, 4) is 17.2 Å². The molecule has 3 rings (SSSR count). The molecule has 1 aromatic heterocycles. The Bertz CT molecular complexity index is 1030. The number of rotatable bonds is 4. The number of hydrogen-bond acceptors (Lipinski definition) is 5. The van der Waals surface area contributed by atoms with Crippen LogP contribution in [-0.2, 0) is 0 Å². The lowest BCUT2D eigenvalue weighted by Crippen LogP contribution is -2.16. The number of H-pyrrole nitrogens is 1. The van der Waals surface area contributed by atoms with Gasteiger partial charge in [0.25, 0.3) is 0 Å². The van der Waals surface area contributed by atoms with Crippen LogP contribution in [0.5, 0.6) is 17.2 Å². The molecule has 0 aliphatic rings. The van der Waals surface area contributed by atoms with Crippen LogP contribution in [0.15, 0.2) is 52.7 Å². The minimum atomic E-state index is -4.83. The summed E-state index contributed by atoms with van der Waals surface area (Å²) in [6.45, 7) is 0. The molecule has 0 saturated carbocycles. The average Bonchev–Trinajstić information content (AvgIpc) is 2.95. The fourth-order valence-corrected chi connectivity index (χ4v) is 2.49. The van der Waals surface area contributed by atoms with E-state index in [1.54, 1.807) is 31.4 Å². The highest BCUT2D eigenvalue weighted by Gasteiger charge is 2.31. The van der Waals surface area contributed by atoms with Crippen molar-refractivity contribution < 1.29 is 27.8 Å². The highest BCUT2D eigenvalue weighted by Crippen LogP contribution is 2.37. The Balaban J connectivity index is 1.75.